The summed E-state index contributed by atoms with van der Waals surface area (Å²) in [6, 6.07) is 17.2. The van der Waals surface area contributed by atoms with Crippen LogP contribution in [0.15, 0.2) is 54.6 Å². The minimum absolute atomic E-state index is 0.303. The van der Waals surface area contributed by atoms with Crippen LogP contribution in [0.5, 0.6) is 17.2 Å². The SMILES string of the molecule is CCO[C@@H](c1cc(Cl)ccc1N(C=O)Cc1ccc(OC)cc1OC)c1cccc(OC)c1C1CC1. The van der Waals surface area contributed by atoms with Crippen LogP contribution in [-0.4, -0.2) is 34.3 Å². The molecule has 0 bridgehead atoms. The van der Waals surface area contributed by atoms with Gasteiger partial charge in [0.15, 0.2) is 0 Å². The second-order valence-electron chi connectivity index (χ2n) is 8.69. The second kappa shape index (κ2) is 11.7. The fourth-order valence-electron chi connectivity index (χ4n) is 4.63. The zero-order valence-corrected chi connectivity index (χ0v) is 21.9. The minimum Gasteiger partial charge on any atom is -0.497 e. The maximum Gasteiger partial charge on any atom is 0.214 e. The van der Waals surface area contributed by atoms with E-state index in [2.05, 4.69) is 6.07 Å². The van der Waals surface area contributed by atoms with Gasteiger partial charge in [-0.3, -0.25) is 4.79 Å². The number of nitrogens with zero attached hydrogens (tertiary/aromatic N) is 1. The molecule has 0 aromatic heterocycles. The second-order valence-corrected chi connectivity index (χ2v) is 9.12. The summed E-state index contributed by atoms with van der Waals surface area (Å²) in [5, 5.41) is 0.571. The Balaban J connectivity index is 1.80. The smallest absolute Gasteiger partial charge is 0.214 e. The molecule has 0 unspecified atom stereocenters. The number of rotatable bonds is 12. The number of hydrogen-bond acceptors (Lipinski definition) is 5. The van der Waals surface area contributed by atoms with E-state index in [0.29, 0.717) is 35.6 Å². The maximum atomic E-state index is 12.4. The first-order valence-electron chi connectivity index (χ1n) is 12.0. The van der Waals surface area contributed by atoms with Crippen molar-refractivity contribution in [3.8, 4) is 17.2 Å². The summed E-state index contributed by atoms with van der Waals surface area (Å²) < 4.78 is 23.0. The summed E-state index contributed by atoms with van der Waals surface area (Å²) in [6.07, 6.45) is 2.64. The van der Waals surface area contributed by atoms with Gasteiger partial charge in [0.05, 0.1) is 27.9 Å². The molecule has 0 saturated heterocycles. The van der Waals surface area contributed by atoms with E-state index in [9.17, 15) is 4.79 Å². The largest absolute Gasteiger partial charge is 0.497 e. The Morgan fingerprint density at radius 3 is 2.39 bits per heavy atom. The average molecular weight is 510 g/mol. The highest BCUT2D eigenvalue weighted by atomic mass is 35.5. The van der Waals surface area contributed by atoms with Crippen LogP contribution in [-0.2, 0) is 16.1 Å². The summed E-state index contributed by atoms with van der Waals surface area (Å²) in [7, 11) is 4.90. The molecule has 0 spiro atoms. The van der Waals surface area contributed by atoms with Crippen molar-refractivity contribution in [3.05, 3.63) is 81.9 Å². The number of halogens is 1. The molecule has 190 valence electrons. The maximum absolute atomic E-state index is 12.4. The van der Waals surface area contributed by atoms with Crippen LogP contribution in [0.2, 0.25) is 5.02 Å². The fraction of sp³-hybridized carbons (Fsp3) is 0.345. The van der Waals surface area contributed by atoms with Crippen molar-refractivity contribution in [1.29, 1.82) is 0 Å². The summed E-state index contributed by atoms with van der Waals surface area (Å²) in [5.74, 6) is 2.62. The Bertz CT molecular complexity index is 1210. The van der Waals surface area contributed by atoms with Crippen LogP contribution >= 0.6 is 11.6 Å². The normalized spacial score (nSPS) is 13.7. The lowest BCUT2D eigenvalue weighted by molar-refractivity contribution is -0.107. The molecule has 1 saturated carbocycles. The molecule has 36 heavy (non-hydrogen) atoms. The van der Waals surface area contributed by atoms with Gasteiger partial charge >= 0.3 is 0 Å². The molecule has 1 amide bonds. The van der Waals surface area contributed by atoms with Gasteiger partial charge < -0.3 is 23.8 Å². The average Bonchev–Trinajstić information content (AvgIpc) is 3.75. The number of hydrogen-bond donors (Lipinski definition) is 0. The molecular formula is C29H32ClNO5. The van der Waals surface area contributed by atoms with E-state index in [1.165, 1.54) is 5.56 Å². The molecule has 1 fully saturated rings. The van der Waals surface area contributed by atoms with Crippen molar-refractivity contribution in [3.63, 3.8) is 0 Å². The number of amides is 1. The van der Waals surface area contributed by atoms with E-state index in [1.54, 1.807) is 32.3 Å². The number of methoxy groups -OCH3 is 3. The van der Waals surface area contributed by atoms with Crippen molar-refractivity contribution in [2.75, 3.05) is 32.8 Å². The predicted molar refractivity (Wildman–Crippen MR) is 142 cm³/mol. The van der Waals surface area contributed by atoms with Crippen molar-refractivity contribution in [2.24, 2.45) is 0 Å². The molecule has 0 aliphatic heterocycles. The topological polar surface area (TPSA) is 57.2 Å². The molecule has 1 atom stereocenters. The molecular weight excluding hydrogens is 478 g/mol. The lowest BCUT2D eigenvalue weighted by atomic mass is 9.92. The Morgan fingerprint density at radius 1 is 0.972 bits per heavy atom. The van der Waals surface area contributed by atoms with E-state index in [4.69, 9.17) is 30.5 Å². The number of ether oxygens (including phenoxy) is 4. The Kier molecular flexibility index (Phi) is 8.39. The molecule has 0 radical (unpaired) electrons. The molecule has 3 aromatic carbocycles. The number of carbonyl (C=O) groups excluding carboxylic acids is 1. The lowest BCUT2D eigenvalue weighted by Crippen LogP contribution is -2.24. The first-order valence-corrected chi connectivity index (χ1v) is 12.4. The highest BCUT2D eigenvalue weighted by Crippen LogP contribution is 2.49. The third kappa shape index (κ3) is 5.45. The van der Waals surface area contributed by atoms with Crippen LogP contribution in [0.25, 0.3) is 0 Å². The van der Waals surface area contributed by atoms with E-state index < -0.39 is 6.10 Å². The van der Waals surface area contributed by atoms with Gasteiger partial charge in [0.2, 0.25) is 6.41 Å². The monoisotopic (exact) mass is 509 g/mol. The van der Waals surface area contributed by atoms with Gasteiger partial charge in [-0.05, 0) is 67.6 Å². The van der Waals surface area contributed by atoms with Gasteiger partial charge in [-0.25, -0.2) is 0 Å². The zero-order chi connectivity index (χ0) is 25.7. The lowest BCUT2D eigenvalue weighted by Gasteiger charge is -2.28. The molecule has 0 heterocycles. The van der Waals surface area contributed by atoms with Gasteiger partial charge in [0, 0.05) is 40.1 Å². The summed E-state index contributed by atoms with van der Waals surface area (Å²) >= 11 is 6.49. The molecule has 0 N–H and O–H groups in total. The Labute approximate surface area is 217 Å². The van der Waals surface area contributed by atoms with Gasteiger partial charge in [-0.15, -0.1) is 0 Å². The molecule has 3 aromatic rings. The van der Waals surface area contributed by atoms with Gasteiger partial charge in [0.25, 0.3) is 0 Å². The number of anilines is 1. The van der Waals surface area contributed by atoms with Crippen LogP contribution in [0, 0.1) is 0 Å². The quantitative estimate of drug-likeness (QED) is 0.260. The minimum atomic E-state index is -0.422. The summed E-state index contributed by atoms with van der Waals surface area (Å²) in [6.45, 7) is 2.76. The predicted octanol–water partition coefficient (Wildman–Crippen LogP) is 6.53. The van der Waals surface area contributed by atoms with Crippen molar-refractivity contribution in [1.82, 2.24) is 0 Å². The van der Waals surface area contributed by atoms with E-state index >= 15 is 0 Å². The van der Waals surface area contributed by atoms with E-state index in [-0.39, 0.29) is 0 Å². The first kappa shape index (κ1) is 25.9. The van der Waals surface area contributed by atoms with Crippen LogP contribution in [0.1, 0.15) is 54.0 Å². The van der Waals surface area contributed by atoms with Crippen LogP contribution in [0.4, 0.5) is 5.69 Å². The molecule has 1 aliphatic rings. The standard InChI is InChI=1S/C29H32ClNO5/c1-5-36-29(23-7-6-8-26(34-3)28(23)19-9-10-19)24-15-21(30)12-14-25(24)31(18-32)17-20-11-13-22(33-2)16-27(20)35-4/h6-8,11-16,18-19,29H,5,9-10,17H2,1-4H3/t29-/m1/s1. The van der Waals surface area contributed by atoms with Crippen molar-refractivity contribution < 1.29 is 23.7 Å². The molecule has 7 heteroatoms. The van der Waals surface area contributed by atoms with Crippen molar-refractivity contribution >= 4 is 23.7 Å². The van der Waals surface area contributed by atoms with E-state index in [1.807, 2.05) is 49.4 Å². The number of carbonyl (C=O) groups is 1. The molecule has 6 nitrogen and oxygen atoms in total. The summed E-state index contributed by atoms with van der Waals surface area (Å²) in [5.41, 5.74) is 4.59. The molecule has 1 aliphatic carbocycles. The van der Waals surface area contributed by atoms with E-state index in [0.717, 1.165) is 47.4 Å². The third-order valence-corrected chi connectivity index (χ3v) is 6.70. The Morgan fingerprint density at radius 2 is 1.75 bits per heavy atom. The fourth-order valence-corrected chi connectivity index (χ4v) is 4.81. The third-order valence-electron chi connectivity index (χ3n) is 6.46. The van der Waals surface area contributed by atoms with Gasteiger partial charge in [-0.2, -0.15) is 0 Å². The van der Waals surface area contributed by atoms with Gasteiger partial charge in [0.1, 0.15) is 23.4 Å². The first-order chi connectivity index (χ1) is 17.5. The highest BCUT2D eigenvalue weighted by Gasteiger charge is 2.33. The Hall–Kier alpha value is -3.22. The number of benzene rings is 3. The zero-order valence-electron chi connectivity index (χ0n) is 21.1. The molecule has 4 rings (SSSR count). The summed E-state index contributed by atoms with van der Waals surface area (Å²) in [4.78, 5) is 14.1. The van der Waals surface area contributed by atoms with Crippen LogP contribution < -0.4 is 19.1 Å². The van der Waals surface area contributed by atoms with Crippen molar-refractivity contribution in [2.45, 2.75) is 38.3 Å². The van der Waals surface area contributed by atoms with Crippen LogP contribution in [0.3, 0.4) is 0 Å². The highest BCUT2D eigenvalue weighted by molar-refractivity contribution is 6.30. The van der Waals surface area contributed by atoms with Gasteiger partial charge in [-0.1, -0.05) is 23.7 Å².